The van der Waals surface area contributed by atoms with E-state index in [1.807, 2.05) is 31.2 Å². The average molecular weight is 492 g/mol. The van der Waals surface area contributed by atoms with Gasteiger partial charge in [-0.25, -0.2) is 9.11 Å². The minimum atomic E-state index is -4.49. The topological polar surface area (TPSA) is 54.0 Å². The summed E-state index contributed by atoms with van der Waals surface area (Å²) < 4.78 is 54.9. The lowest BCUT2D eigenvalue weighted by Gasteiger charge is -2.17. The van der Waals surface area contributed by atoms with Gasteiger partial charge in [-0.1, -0.05) is 37.6 Å². The summed E-state index contributed by atoms with van der Waals surface area (Å²) >= 11 is 1.27. The summed E-state index contributed by atoms with van der Waals surface area (Å²) in [7, 11) is 0. The smallest absolute Gasteiger partial charge is 0.351 e. The van der Waals surface area contributed by atoms with Gasteiger partial charge >= 0.3 is 6.18 Å². The lowest BCUT2D eigenvalue weighted by molar-refractivity contribution is -0.141. The summed E-state index contributed by atoms with van der Waals surface area (Å²) in [5.74, 6) is -0.482. The van der Waals surface area contributed by atoms with Crippen molar-refractivity contribution >= 4 is 17.9 Å². The number of rotatable bonds is 10. The molecule has 1 unspecified atom stereocenters. The number of benzene rings is 2. The highest BCUT2D eigenvalue weighted by Crippen LogP contribution is 2.28. The van der Waals surface area contributed by atoms with Gasteiger partial charge in [0.2, 0.25) is 5.91 Å². The van der Waals surface area contributed by atoms with Crippen molar-refractivity contribution < 1.29 is 22.4 Å². The van der Waals surface area contributed by atoms with E-state index in [-0.39, 0.29) is 11.7 Å². The van der Waals surface area contributed by atoms with Crippen molar-refractivity contribution in [2.24, 2.45) is 0 Å². The molecule has 2 N–H and O–H groups in total. The summed E-state index contributed by atoms with van der Waals surface area (Å²) in [5, 5.41) is 2.92. The number of aromatic nitrogens is 1. The summed E-state index contributed by atoms with van der Waals surface area (Å²) in [4.78, 5) is 16.9. The average Bonchev–Trinajstić information content (AvgIpc) is 2.81. The van der Waals surface area contributed by atoms with Crippen LogP contribution < -0.4 is 10.0 Å². The van der Waals surface area contributed by atoms with Gasteiger partial charge in [0.05, 0.1) is 6.04 Å². The lowest BCUT2D eigenvalue weighted by atomic mass is 10.0. The minimum absolute atomic E-state index is 0.161. The molecule has 0 aliphatic carbocycles. The van der Waals surface area contributed by atoms with Crippen LogP contribution in [0, 0.1) is 5.82 Å². The number of pyridine rings is 1. The molecule has 0 bridgehead atoms. The van der Waals surface area contributed by atoms with Gasteiger partial charge in [-0.2, -0.15) is 13.2 Å². The van der Waals surface area contributed by atoms with E-state index in [1.54, 1.807) is 18.2 Å². The van der Waals surface area contributed by atoms with Gasteiger partial charge in [0.1, 0.15) is 11.5 Å². The second-order valence-corrected chi connectivity index (χ2v) is 8.69. The fourth-order valence-corrected chi connectivity index (χ4v) is 4.09. The standard InChI is InChI=1S/C25H25F4N3OS/c1-2-4-22(32-34-21-9-7-20(26)8-10-21)24(33)31-16-19-6-3-5-17(14-19)13-18-11-12-30-23(15-18)25(27,28)29/h3,5-12,14-15,22,32H,2,4,13,16H2,1H3,(H,31,33). The third kappa shape index (κ3) is 7.85. The van der Waals surface area contributed by atoms with Crippen LogP contribution in [0.5, 0.6) is 0 Å². The van der Waals surface area contributed by atoms with Gasteiger partial charge < -0.3 is 5.32 Å². The summed E-state index contributed by atoms with van der Waals surface area (Å²) in [6.45, 7) is 2.28. The number of hydrogen-bond donors (Lipinski definition) is 2. The van der Waals surface area contributed by atoms with Crippen LogP contribution in [0.1, 0.15) is 42.1 Å². The SMILES string of the molecule is CCCC(NSc1ccc(F)cc1)C(=O)NCc1cccc(Cc2ccnc(C(F)(F)F)c2)c1. The van der Waals surface area contributed by atoms with Crippen molar-refractivity contribution in [2.75, 3.05) is 0 Å². The number of nitrogens with one attached hydrogen (secondary N) is 2. The monoisotopic (exact) mass is 491 g/mol. The molecule has 1 heterocycles. The van der Waals surface area contributed by atoms with E-state index in [2.05, 4.69) is 15.0 Å². The van der Waals surface area contributed by atoms with E-state index in [1.165, 1.54) is 24.1 Å². The van der Waals surface area contributed by atoms with Gasteiger partial charge in [-0.05, 0) is 77.9 Å². The molecule has 1 amide bonds. The van der Waals surface area contributed by atoms with Gasteiger partial charge in [-0.3, -0.25) is 9.78 Å². The molecule has 0 fully saturated rings. The Morgan fingerprint density at radius 2 is 1.74 bits per heavy atom. The van der Waals surface area contributed by atoms with E-state index < -0.39 is 17.9 Å². The molecule has 2 aromatic carbocycles. The maximum absolute atomic E-state index is 13.1. The van der Waals surface area contributed by atoms with Gasteiger partial charge in [0, 0.05) is 17.6 Å². The second kappa shape index (κ2) is 12.0. The Morgan fingerprint density at radius 3 is 2.44 bits per heavy atom. The quantitative estimate of drug-likeness (QED) is 0.273. The Kier molecular flexibility index (Phi) is 9.06. The van der Waals surface area contributed by atoms with E-state index in [0.29, 0.717) is 24.9 Å². The molecule has 0 radical (unpaired) electrons. The highest BCUT2D eigenvalue weighted by Gasteiger charge is 2.32. The molecule has 1 atom stereocenters. The fraction of sp³-hybridized carbons (Fsp3) is 0.280. The van der Waals surface area contributed by atoms with Crippen molar-refractivity contribution in [1.29, 1.82) is 0 Å². The van der Waals surface area contributed by atoms with E-state index in [9.17, 15) is 22.4 Å². The maximum Gasteiger partial charge on any atom is 0.433 e. The molecule has 1 aromatic heterocycles. The molecule has 3 aromatic rings. The molecular weight excluding hydrogens is 466 g/mol. The molecule has 0 spiro atoms. The molecule has 3 rings (SSSR count). The van der Waals surface area contributed by atoms with Crippen LogP contribution in [-0.2, 0) is 23.9 Å². The largest absolute Gasteiger partial charge is 0.433 e. The molecule has 180 valence electrons. The Labute approximate surface area is 200 Å². The first-order chi connectivity index (χ1) is 16.2. The first-order valence-corrected chi connectivity index (χ1v) is 11.6. The summed E-state index contributed by atoms with van der Waals surface area (Å²) in [5.41, 5.74) is 1.27. The van der Waals surface area contributed by atoms with Crippen LogP contribution in [0.15, 0.2) is 71.8 Å². The van der Waals surface area contributed by atoms with Crippen molar-refractivity contribution in [1.82, 2.24) is 15.0 Å². The summed E-state index contributed by atoms with van der Waals surface area (Å²) in [6, 6.07) is 15.5. The third-order valence-corrected chi connectivity index (χ3v) is 5.92. The molecule has 0 aliphatic rings. The number of halogens is 4. The van der Waals surface area contributed by atoms with Crippen LogP contribution in [0.4, 0.5) is 17.6 Å². The van der Waals surface area contributed by atoms with Gasteiger partial charge in [0.25, 0.3) is 0 Å². The van der Waals surface area contributed by atoms with E-state index in [4.69, 9.17) is 0 Å². The minimum Gasteiger partial charge on any atom is -0.351 e. The van der Waals surface area contributed by atoms with Crippen molar-refractivity contribution in [3.05, 3.63) is 95.1 Å². The Hall–Kier alpha value is -2.91. The second-order valence-electron chi connectivity index (χ2n) is 7.78. The zero-order valence-corrected chi connectivity index (χ0v) is 19.3. The van der Waals surface area contributed by atoms with Crippen LogP contribution >= 0.6 is 11.9 Å². The first kappa shape index (κ1) is 25.7. The number of carbonyl (C=O) groups excluding carboxylic acids is 1. The highest BCUT2D eigenvalue weighted by molar-refractivity contribution is 7.97. The number of amides is 1. The normalized spacial score (nSPS) is 12.4. The molecule has 0 saturated carbocycles. The number of nitrogens with zero attached hydrogens (tertiary/aromatic N) is 1. The van der Waals surface area contributed by atoms with Crippen LogP contribution in [0.2, 0.25) is 0 Å². The maximum atomic E-state index is 13.1. The third-order valence-electron chi connectivity index (χ3n) is 5.01. The zero-order valence-electron chi connectivity index (χ0n) is 18.5. The first-order valence-electron chi connectivity index (χ1n) is 10.8. The van der Waals surface area contributed by atoms with Crippen molar-refractivity contribution in [2.45, 2.75) is 49.8 Å². The molecule has 0 aliphatic heterocycles. The highest BCUT2D eigenvalue weighted by atomic mass is 32.2. The Bertz CT molecular complexity index is 1090. The predicted molar refractivity (Wildman–Crippen MR) is 124 cm³/mol. The number of alkyl halides is 3. The van der Waals surface area contributed by atoms with Crippen molar-refractivity contribution in [3.63, 3.8) is 0 Å². The molecule has 34 heavy (non-hydrogen) atoms. The summed E-state index contributed by atoms with van der Waals surface area (Å²) in [6.07, 6.45) is -1.57. The lowest BCUT2D eigenvalue weighted by Crippen LogP contribution is -2.41. The fourth-order valence-electron chi connectivity index (χ4n) is 3.31. The van der Waals surface area contributed by atoms with Crippen molar-refractivity contribution in [3.8, 4) is 0 Å². The number of hydrogen-bond acceptors (Lipinski definition) is 4. The van der Waals surface area contributed by atoms with Crippen LogP contribution in [0.25, 0.3) is 0 Å². The predicted octanol–water partition coefficient (Wildman–Crippen LogP) is 5.91. The Morgan fingerprint density at radius 1 is 1.03 bits per heavy atom. The van der Waals surface area contributed by atoms with Crippen LogP contribution in [0.3, 0.4) is 0 Å². The van der Waals surface area contributed by atoms with Gasteiger partial charge in [0.15, 0.2) is 0 Å². The molecule has 9 heteroatoms. The molecule has 4 nitrogen and oxygen atoms in total. The van der Waals surface area contributed by atoms with E-state index >= 15 is 0 Å². The van der Waals surface area contributed by atoms with Gasteiger partial charge in [-0.15, -0.1) is 0 Å². The van der Waals surface area contributed by atoms with E-state index in [0.717, 1.165) is 34.7 Å². The molecule has 0 saturated heterocycles. The molecular formula is C25H25F4N3OS. The van der Waals surface area contributed by atoms with Crippen LogP contribution in [-0.4, -0.2) is 16.9 Å². The zero-order chi connectivity index (χ0) is 24.6. The Balaban J connectivity index is 1.58. The number of carbonyl (C=O) groups is 1.